The van der Waals surface area contributed by atoms with Crippen LogP contribution in [0.2, 0.25) is 0 Å². The van der Waals surface area contributed by atoms with Crippen molar-refractivity contribution >= 4 is 34.9 Å². The number of amides is 3. The third-order valence-corrected chi connectivity index (χ3v) is 5.81. The van der Waals surface area contributed by atoms with Gasteiger partial charge in [-0.25, -0.2) is 0 Å². The van der Waals surface area contributed by atoms with Gasteiger partial charge in [0.15, 0.2) is 0 Å². The highest BCUT2D eigenvalue weighted by Gasteiger charge is 2.45. The topological polar surface area (TPSA) is 109 Å². The summed E-state index contributed by atoms with van der Waals surface area (Å²) in [7, 11) is 0. The number of hydrogen-bond donors (Lipinski definition) is 2. The number of aliphatic imine (C=N–C) groups is 1. The van der Waals surface area contributed by atoms with Crippen LogP contribution < -0.4 is 20.1 Å². The van der Waals surface area contributed by atoms with Gasteiger partial charge in [0.05, 0.1) is 31.0 Å². The van der Waals surface area contributed by atoms with Crippen molar-refractivity contribution in [2.75, 3.05) is 23.8 Å². The number of ether oxygens (including phenoxy) is 2. The average Bonchev–Trinajstić information content (AvgIpc) is 2.87. The van der Waals surface area contributed by atoms with Crippen LogP contribution in [0.5, 0.6) is 11.5 Å². The number of nitrogens with one attached hydrogen (secondary N) is 2. The molecule has 0 radical (unpaired) electrons. The molecule has 2 heterocycles. The molecule has 4 rings (SSSR count). The molecule has 0 saturated heterocycles. The first-order valence-corrected chi connectivity index (χ1v) is 11.7. The second-order valence-corrected chi connectivity index (χ2v) is 8.37. The van der Waals surface area contributed by atoms with Crippen molar-refractivity contribution in [1.82, 2.24) is 4.90 Å². The molecule has 1 unspecified atom stereocenters. The van der Waals surface area contributed by atoms with Crippen molar-refractivity contribution in [2.45, 2.75) is 32.7 Å². The molecule has 0 spiro atoms. The highest BCUT2D eigenvalue weighted by Crippen LogP contribution is 2.38. The van der Waals surface area contributed by atoms with Gasteiger partial charge < -0.3 is 25.0 Å². The minimum Gasteiger partial charge on any atom is -0.492 e. The quantitative estimate of drug-likeness (QED) is 0.578. The molecule has 3 amide bonds. The Balaban J connectivity index is 1.66. The molecule has 0 saturated carbocycles. The van der Waals surface area contributed by atoms with Crippen molar-refractivity contribution < 1.29 is 23.9 Å². The van der Waals surface area contributed by atoms with Crippen LogP contribution in [-0.2, 0) is 9.59 Å². The first kappa shape index (κ1) is 24.7. The highest BCUT2D eigenvalue weighted by atomic mass is 16.5. The summed E-state index contributed by atoms with van der Waals surface area (Å²) >= 11 is 0. The monoisotopic (exact) mass is 488 g/mol. The van der Waals surface area contributed by atoms with Crippen LogP contribution in [0.25, 0.3) is 0 Å². The van der Waals surface area contributed by atoms with Gasteiger partial charge in [-0.1, -0.05) is 24.3 Å². The third kappa shape index (κ3) is 5.00. The minimum absolute atomic E-state index is 0.0893. The molecular formula is C27H28N4O5. The van der Waals surface area contributed by atoms with E-state index in [1.165, 1.54) is 0 Å². The summed E-state index contributed by atoms with van der Waals surface area (Å²) in [5.41, 5.74) is 0.0542. The molecule has 9 heteroatoms. The zero-order valence-electron chi connectivity index (χ0n) is 20.4. The number of nitrogens with zero attached hydrogens (tertiary/aromatic N) is 2. The Hall–Kier alpha value is -4.40. The standard InChI is InChI=1S/C27H28N4O5/c1-4-35-21-16-20(22(36-5-2)15-19(21)28-25(33)18-11-7-6-8-12-18)29-26(34)27(3)17-24(32)30-23-13-9-10-14-31(23)27/h6-16H,4-5,17H2,1-3H3,(H,28,33)(H,29,34). The third-order valence-electron chi connectivity index (χ3n) is 5.81. The summed E-state index contributed by atoms with van der Waals surface area (Å²) in [6.45, 7) is 6.00. The van der Waals surface area contributed by atoms with Crippen molar-refractivity contribution in [3.8, 4) is 11.5 Å². The Bertz CT molecular complexity index is 1270. The zero-order chi connectivity index (χ0) is 25.7. The Morgan fingerprint density at radius 3 is 2.28 bits per heavy atom. The van der Waals surface area contributed by atoms with Gasteiger partial charge in [-0.3, -0.25) is 14.4 Å². The second kappa shape index (κ2) is 10.5. The van der Waals surface area contributed by atoms with Crippen LogP contribution in [0, 0.1) is 0 Å². The van der Waals surface area contributed by atoms with Crippen LogP contribution in [-0.4, -0.2) is 47.2 Å². The lowest BCUT2D eigenvalue weighted by atomic mass is 9.91. The van der Waals surface area contributed by atoms with Crippen LogP contribution >= 0.6 is 0 Å². The molecule has 2 N–H and O–H groups in total. The summed E-state index contributed by atoms with van der Waals surface area (Å²) in [5, 5.41) is 5.77. The van der Waals surface area contributed by atoms with Gasteiger partial charge in [0, 0.05) is 23.9 Å². The number of fused-ring (bicyclic) bond motifs is 1. The molecular weight excluding hydrogens is 460 g/mol. The van der Waals surface area contributed by atoms with Crippen LogP contribution in [0.1, 0.15) is 37.6 Å². The summed E-state index contributed by atoms with van der Waals surface area (Å²) < 4.78 is 11.6. The SMILES string of the molecule is CCOc1cc(NC(=O)C2(C)CC(=O)N=C3C=CC=CN32)c(OCC)cc1NC(=O)c1ccccc1. The number of rotatable bonds is 8. The Morgan fingerprint density at radius 1 is 1.00 bits per heavy atom. The normalized spacial score (nSPS) is 18.2. The van der Waals surface area contributed by atoms with Gasteiger partial charge in [-0.05, 0) is 45.1 Å². The first-order valence-electron chi connectivity index (χ1n) is 11.7. The van der Waals surface area contributed by atoms with Crippen molar-refractivity contribution in [3.63, 3.8) is 0 Å². The van der Waals surface area contributed by atoms with E-state index in [9.17, 15) is 14.4 Å². The number of carbonyl (C=O) groups excluding carboxylic acids is 3. The van der Waals surface area contributed by atoms with E-state index in [1.54, 1.807) is 72.6 Å². The van der Waals surface area contributed by atoms with E-state index < -0.39 is 11.4 Å². The maximum atomic E-state index is 13.6. The van der Waals surface area contributed by atoms with E-state index in [4.69, 9.17) is 9.47 Å². The molecule has 9 nitrogen and oxygen atoms in total. The van der Waals surface area contributed by atoms with E-state index in [0.29, 0.717) is 47.5 Å². The summed E-state index contributed by atoms with van der Waals surface area (Å²) in [6, 6.07) is 12.0. The van der Waals surface area contributed by atoms with Crippen LogP contribution in [0.4, 0.5) is 11.4 Å². The smallest absolute Gasteiger partial charge is 0.255 e. The Kier molecular flexibility index (Phi) is 7.19. The van der Waals surface area contributed by atoms with Crippen LogP contribution in [0.15, 0.2) is 71.9 Å². The molecule has 0 aliphatic carbocycles. The van der Waals surface area contributed by atoms with Crippen LogP contribution in [0.3, 0.4) is 0 Å². The summed E-state index contributed by atoms with van der Waals surface area (Å²) in [5.74, 6) is 0.0385. The largest absolute Gasteiger partial charge is 0.492 e. The molecule has 2 aliphatic rings. The lowest BCUT2D eigenvalue weighted by Gasteiger charge is -2.41. The second-order valence-electron chi connectivity index (χ2n) is 8.37. The van der Waals surface area contributed by atoms with Gasteiger partial charge in [0.25, 0.3) is 17.7 Å². The van der Waals surface area contributed by atoms with E-state index in [-0.39, 0.29) is 18.2 Å². The lowest BCUT2D eigenvalue weighted by molar-refractivity contribution is -0.130. The highest BCUT2D eigenvalue weighted by molar-refractivity contribution is 6.12. The molecule has 2 aliphatic heterocycles. The Labute approximate surface area is 209 Å². The molecule has 0 bridgehead atoms. The van der Waals surface area contributed by atoms with Gasteiger partial charge in [-0.15, -0.1) is 0 Å². The maximum absolute atomic E-state index is 13.6. The summed E-state index contributed by atoms with van der Waals surface area (Å²) in [4.78, 5) is 44.4. The van der Waals surface area contributed by atoms with Crippen molar-refractivity contribution in [2.24, 2.45) is 4.99 Å². The van der Waals surface area contributed by atoms with Gasteiger partial charge >= 0.3 is 0 Å². The molecule has 2 aromatic rings. The van der Waals surface area contributed by atoms with E-state index in [2.05, 4.69) is 15.6 Å². The molecule has 1 atom stereocenters. The van der Waals surface area contributed by atoms with Crippen molar-refractivity contribution in [1.29, 1.82) is 0 Å². The number of amidine groups is 1. The van der Waals surface area contributed by atoms with Gasteiger partial charge in [0.2, 0.25) is 0 Å². The molecule has 186 valence electrons. The molecule has 0 aromatic heterocycles. The lowest BCUT2D eigenvalue weighted by Crippen LogP contribution is -2.58. The number of benzene rings is 2. The Morgan fingerprint density at radius 2 is 1.64 bits per heavy atom. The molecule has 36 heavy (non-hydrogen) atoms. The molecule has 0 fully saturated rings. The van der Waals surface area contributed by atoms with E-state index in [1.807, 2.05) is 19.9 Å². The van der Waals surface area contributed by atoms with Gasteiger partial charge in [-0.2, -0.15) is 4.99 Å². The predicted octanol–water partition coefficient (Wildman–Crippen LogP) is 4.15. The summed E-state index contributed by atoms with van der Waals surface area (Å²) in [6.07, 6.45) is 6.86. The van der Waals surface area contributed by atoms with Crippen molar-refractivity contribution in [3.05, 3.63) is 72.5 Å². The predicted molar refractivity (Wildman–Crippen MR) is 137 cm³/mol. The number of anilines is 2. The number of hydrogen-bond acceptors (Lipinski definition) is 6. The maximum Gasteiger partial charge on any atom is 0.255 e. The zero-order valence-corrected chi connectivity index (χ0v) is 20.4. The van der Waals surface area contributed by atoms with Gasteiger partial charge in [0.1, 0.15) is 22.9 Å². The fourth-order valence-electron chi connectivity index (χ4n) is 4.03. The fourth-order valence-corrected chi connectivity index (χ4v) is 4.03. The van der Waals surface area contributed by atoms with E-state index in [0.717, 1.165) is 0 Å². The van der Waals surface area contributed by atoms with E-state index >= 15 is 0 Å². The number of allylic oxidation sites excluding steroid dienone is 2. The average molecular weight is 489 g/mol. The number of carbonyl (C=O) groups is 3. The molecule has 2 aromatic carbocycles. The first-order chi connectivity index (χ1) is 17.4. The fraction of sp³-hybridized carbons (Fsp3) is 0.259. The minimum atomic E-state index is -1.20.